The molecule has 4 unspecified atom stereocenters. The molecular weight excluding hydrogens is 304 g/mol. The Bertz CT molecular complexity index is 472. The lowest BCUT2D eigenvalue weighted by Gasteiger charge is -2.27. The van der Waals surface area contributed by atoms with Crippen LogP contribution in [0.4, 0.5) is 0 Å². The van der Waals surface area contributed by atoms with Gasteiger partial charge in [0.1, 0.15) is 0 Å². The number of benzene rings is 1. The number of hydrogen-bond donors (Lipinski definition) is 2. The molecule has 4 heteroatoms. The number of nitrogens with two attached hydrogens (primary N) is 1. The summed E-state index contributed by atoms with van der Waals surface area (Å²) in [7, 11) is 0. The third-order valence-corrected chi connectivity index (χ3v) is 5.19. The maximum absolute atomic E-state index is 12.3. The molecule has 19 heavy (non-hydrogen) atoms. The molecule has 2 saturated carbocycles. The predicted molar refractivity (Wildman–Crippen MR) is 78.3 cm³/mol. The fourth-order valence-electron chi connectivity index (χ4n) is 3.63. The molecule has 0 aromatic heterocycles. The molecule has 1 aromatic rings. The van der Waals surface area contributed by atoms with Crippen LogP contribution in [0, 0.1) is 17.8 Å². The molecule has 2 aliphatic rings. The van der Waals surface area contributed by atoms with E-state index in [0.29, 0.717) is 18.4 Å². The normalized spacial score (nSPS) is 32.5. The number of rotatable bonds is 3. The first-order valence-electron chi connectivity index (χ1n) is 6.93. The zero-order valence-electron chi connectivity index (χ0n) is 10.8. The molecular formula is C15H19BrN2O. The van der Waals surface area contributed by atoms with Crippen LogP contribution in [-0.4, -0.2) is 11.9 Å². The molecule has 0 radical (unpaired) electrons. The third-order valence-electron chi connectivity index (χ3n) is 4.66. The summed E-state index contributed by atoms with van der Waals surface area (Å²) in [5.74, 6) is 1.27. The van der Waals surface area contributed by atoms with E-state index in [1.165, 1.54) is 12.8 Å². The molecule has 1 amide bonds. The molecule has 0 aliphatic heterocycles. The Morgan fingerprint density at radius 1 is 1.26 bits per heavy atom. The Labute approximate surface area is 122 Å². The molecule has 4 atom stereocenters. The number of hydrogen-bond acceptors (Lipinski definition) is 2. The fourth-order valence-corrected chi connectivity index (χ4v) is 3.90. The van der Waals surface area contributed by atoms with E-state index in [4.69, 9.17) is 5.73 Å². The first-order valence-corrected chi connectivity index (χ1v) is 7.72. The zero-order chi connectivity index (χ0) is 13.4. The number of nitrogens with one attached hydrogen (secondary N) is 1. The topological polar surface area (TPSA) is 55.1 Å². The van der Waals surface area contributed by atoms with Gasteiger partial charge in [-0.25, -0.2) is 0 Å². The molecule has 3 rings (SSSR count). The van der Waals surface area contributed by atoms with Crippen molar-refractivity contribution in [2.24, 2.45) is 23.5 Å². The summed E-state index contributed by atoms with van der Waals surface area (Å²) in [4.78, 5) is 12.3. The highest BCUT2D eigenvalue weighted by molar-refractivity contribution is 9.10. The average Bonchev–Trinajstić information content (AvgIpc) is 2.98. The van der Waals surface area contributed by atoms with Crippen LogP contribution in [0.15, 0.2) is 28.7 Å². The van der Waals surface area contributed by atoms with Gasteiger partial charge in [0.15, 0.2) is 0 Å². The van der Waals surface area contributed by atoms with Crippen molar-refractivity contribution in [1.82, 2.24) is 5.32 Å². The van der Waals surface area contributed by atoms with E-state index in [1.54, 1.807) is 0 Å². The smallest absolute Gasteiger partial charge is 0.225 e. The standard InChI is InChI=1S/C15H19BrN2O/c16-12-5-1-9(2-6-12)8-18-15(19)13-10-3-4-11(7-10)14(13)17/h1-2,5-6,10-11,13-14H,3-4,7-8,17H2,(H,18,19). The van der Waals surface area contributed by atoms with Crippen LogP contribution in [0.2, 0.25) is 0 Å². The van der Waals surface area contributed by atoms with Crippen molar-refractivity contribution in [3.8, 4) is 0 Å². The van der Waals surface area contributed by atoms with Gasteiger partial charge in [0.05, 0.1) is 5.92 Å². The molecule has 1 aromatic carbocycles. The summed E-state index contributed by atoms with van der Waals surface area (Å²) in [6.07, 6.45) is 3.54. The van der Waals surface area contributed by atoms with Crippen LogP contribution < -0.4 is 11.1 Å². The van der Waals surface area contributed by atoms with E-state index < -0.39 is 0 Å². The fraction of sp³-hybridized carbons (Fsp3) is 0.533. The molecule has 0 spiro atoms. The Morgan fingerprint density at radius 3 is 2.58 bits per heavy atom. The summed E-state index contributed by atoms with van der Waals surface area (Å²) in [5, 5.41) is 3.04. The molecule has 0 saturated heterocycles. The van der Waals surface area contributed by atoms with E-state index in [9.17, 15) is 4.79 Å². The van der Waals surface area contributed by atoms with E-state index in [-0.39, 0.29) is 17.9 Å². The summed E-state index contributed by atoms with van der Waals surface area (Å²) >= 11 is 3.41. The highest BCUT2D eigenvalue weighted by Crippen LogP contribution is 2.47. The van der Waals surface area contributed by atoms with Gasteiger partial charge in [-0.3, -0.25) is 4.79 Å². The van der Waals surface area contributed by atoms with Crippen molar-refractivity contribution in [1.29, 1.82) is 0 Å². The number of carbonyl (C=O) groups is 1. The van der Waals surface area contributed by atoms with Gasteiger partial charge in [-0.05, 0) is 48.8 Å². The van der Waals surface area contributed by atoms with Crippen LogP contribution in [0.25, 0.3) is 0 Å². The highest BCUT2D eigenvalue weighted by Gasteiger charge is 2.48. The van der Waals surface area contributed by atoms with Crippen molar-refractivity contribution >= 4 is 21.8 Å². The van der Waals surface area contributed by atoms with E-state index in [2.05, 4.69) is 21.2 Å². The van der Waals surface area contributed by atoms with Gasteiger partial charge in [-0.2, -0.15) is 0 Å². The number of halogens is 1. The molecule has 3 N–H and O–H groups in total. The van der Waals surface area contributed by atoms with Crippen LogP contribution in [0.5, 0.6) is 0 Å². The average molecular weight is 323 g/mol. The maximum atomic E-state index is 12.3. The lowest BCUT2D eigenvalue weighted by molar-refractivity contribution is -0.127. The van der Waals surface area contributed by atoms with Gasteiger partial charge in [-0.1, -0.05) is 28.1 Å². The van der Waals surface area contributed by atoms with Crippen LogP contribution in [-0.2, 0) is 11.3 Å². The van der Waals surface area contributed by atoms with Crippen molar-refractivity contribution in [2.75, 3.05) is 0 Å². The minimum atomic E-state index is 0.0363. The molecule has 2 bridgehead atoms. The van der Waals surface area contributed by atoms with Gasteiger partial charge in [0, 0.05) is 17.1 Å². The van der Waals surface area contributed by atoms with Crippen molar-refractivity contribution in [3.05, 3.63) is 34.3 Å². The monoisotopic (exact) mass is 322 g/mol. The molecule has 2 aliphatic carbocycles. The lowest BCUT2D eigenvalue weighted by Crippen LogP contribution is -2.45. The number of fused-ring (bicyclic) bond motifs is 2. The van der Waals surface area contributed by atoms with Gasteiger partial charge in [0.2, 0.25) is 5.91 Å². The number of amides is 1. The van der Waals surface area contributed by atoms with Crippen molar-refractivity contribution < 1.29 is 4.79 Å². The minimum absolute atomic E-state index is 0.0363. The molecule has 3 nitrogen and oxygen atoms in total. The largest absolute Gasteiger partial charge is 0.352 e. The molecule has 102 valence electrons. The van der Waals surface area contributed by atoms with Gasteiger partial charge in [0.25, 0.3) is 0 Å². The SMILES string of the molecule is NC1C2CCC(C2)C1C(=O)NCc1ccc(Br)cc1. The second-order valence-corrected chi connectivity index (χ2v) is 6.70. The van der Waals surface area contributed by atoms with Crippen LogP contribution in [0.3, 0.4) is 0 Å². The van der Waals surface area contributed by atoms with Gasteiger partial charge < -0.3 is 11.1 Å². The van der Waals surface area contributed by atoms with E-state index in [1.807, 2.05) is 24.3 Å². The highest BCUT2D eigenvalue weighted by atomic mass is 79.9. The first-order chi connectivity index (χ1) is 9.15. The predicted octanol–water partition coefficient (Wildman–Crippen LogP) is 2.44. The Balaban J connectivity index is 1.58. The molecule has 2 fully saturated rings. The Morgan fingerprint density at radius 2 is 1.95 bits per heavy atom. The quantitative estimate of drug-likeness (QED) is 0.898. The third kappa shape index (κ3) is 2.56. The summed E-state index contributed by atoms with van der Waals surface area (Å²) < 4.78 is 1.05. The second-order valence-electron chi connectivity index (χ2n) is 5.78. The molecule has 0 heterocycles. The Hall–Kier alpha value is -0.870. The minimum Gasteiger partial charge on any atom is -0.352 e. The van der Waals surface area contributed by atoms with Gasteiger partial charge >= 0.3 is 0 Å². The van der Waals surface area contributed by atoms with E-state index in [0.717, 1.165) is 16.5 Å². The summed E-state index contributed by atoms with van der Waals surface area (Å²) in [6, 6.07) is 8.09. The van der Waals surface area contributed by atoms with Crippen LogP contribution in [0.1, 0.15) is 24.8 Å². The summed E-state index contributed by atoms with van der Waals surface area (Å²) in [5.41, 5.74) is 7.31. The van der Waals surface area contributed by atoms with Crippen LogP contribution >= 0.6 is 15.9 Å². The zero-order valence-corrected chi connectivity index (χ0v) is 12.4. The second kappa shape index (κ2) is 5.25. The maximum Gasteiger partial charge on any atom is 0.225 e. The number of carbonyl (C=O) groups excluding carboxylic acids is 1. The summed E-state index contributed by atoms with van der Waals surface area (Å²) in [6.45, 7) is 0.590. The lowest BCUT2D eigenvalue weighted by atomic mass is 9.84. The van der Waals surface area contributed by atoms with Gasteiger partial charge in [-0.15, -0.1) is 0 Å². The van der Waals surface area contributed by atoms with E-state index >= 15 is 0 Å². The first kappa shape index (κ1) is 13.1. The van der Waals surface area contributed by atoms with Crippen molar-refractivity contribution in [2.45, 2.75) is 31.8 Å². The Kier molecular flexibility index (Phi) is 3.63. The van der Waals surface area contributed by atoms with Crippen molar-refractivity contribution in [3.63, 3.8) is 0 Å².